The van der Waals surface area contributed by atoms with Crippen LogP contribution in [0.4, 0.5) is 0 Å². The molecule has 0 heterocycles. The quantitative estimate of drug-likeness (QED) is 0.480. The smallest absolute Gasteiger partial charge is 0.0663 e. The van der Waals surface area contributed by atoms with E-state index in [4.69, 9.17) is 5.26 Å². The van der Waals surface area contributed by atoms with Gasteiger partial charge in [0.25, 0.3) is 0 Å². The molecule has 7 heavy (non-hydrogen) atoms. The van der Waals surface area contributed by atoms with Crippen molar-refractivity contribution in [2.24, 2.45) is 0 Å². The first-order valence-corrected chi connectivity index (χ1v) is 2.43. The van der Waals surface area contributed by atoms with Gasteiger partial charge in [-0.3, -0.25) is 0 Å². The van der Waals surface area contributed by atoms with Crippen molar-refractivity contribution < 1.29 is 0 Å². The van der Waals surface area contributed by atoms with E-state index in [1.165, 1.54) is 0 Å². The number of nitriles is 1. The summed E-state index contributed by atoms with van der Waals surface area (Å²) in [6, 6.07) is 2.02. The van der Waals surface area contributed by atoms with E-state index < -0.39 is 0 Å². The molecule has 0 saturated carbocycles. The predicted molar refractivity (Wildman–Crippen MR) is 29.7 cm³/mol. The van der Waals surface area contributed by atoms with Crippen LogP contribution in [0.2, 0.25) is 0 Å². The van der Waals surface area contributed by atoms with Crippen molar-refractivity contribution in [2.45, 2.75) is 19.8 Å². The van der Waals surface area contributed by atoms with E-state index in [9.17, 15) is 0 Å². The summed E-state index contributed by atoms with van der Waals surface area (Å²) in [6.07, 6.45) is 5.44. The molecule has 0 aliphatic rings. The number of hydrogen-bond donors (Lipinski definition) is 0. The summed E-state index contributed by atoms with van der Waals surface area (Å²) in [5.74, 6) is 0. The Bertz CT molecular complexity index is 86.8. The van der Waals surface area contributed by atoms with Gasteiger partial charge in [0.15, 0.2) is 0 Å². The molecule has 0 fully saturated rings. The largest absolute Gasteiger partial charge is 0.198 e. The number of hydrogen-bond acceptors (Lipinski definition) is 1. The maximum atomic E-state index is 7.99. The van der Waals surface area contributed by atoms with E-state index in [2.05, 4.69) is 0 Å². The van der Waals surface area contributed by atoms with Crippen LogP contribution < -0.4 is 0 Å². The van der Waals surface area contributed by atoms with Gasteiger partial charge in [-0.15, -0.1) is 0 Å². The summed E-state index contributed by atoms with van der Waals surface area (Å²) in [5.41, 5.74) is 0. The van der Waals surface area contributed by atoms with Gasteiger partial charge in [0, 0.05) is 0 Å². The molecule has 0 radical (unpaired) electrons. The molecule has 0 saturated heterocycles. The topological polar surface area (TPSA) is 23.8 Å². The molecule has 0 aromatic rings. The molecule has 0 aromatic heterocycles. The normalized spacial score (nSPS) is 9.14. The molecule has 0 aliphatic carbocycles. The van der Waals surface area contributed by atoms with Crippen LogP contribution in [0.1, 0.15) is 19.8 Å². The van der Waals surface area contributed by atoms with Gasteiger partial charge in [-0.25, -0.2) is 0 Å². The molecule has 38 valence electrons. The van der Waals surface area contributed by atoms with E-state index in [1.54, 1.807) is 0 Å². The fourth-order valence-corrected chi connectivity index (χ4v) is 0.303. The highest BCUT2D eigenvalue weighted by Gasteiger charge is 1.65. The second kappa shape index (κ2) is 5.23. The lowest BCUT2D eigenvalue weighted by molar-refractivity contribution is 1.20. The second-order valence-corrected chi connectivity index (χ2v) is 1.24. The van der Waals surface area contributed by atoms with Crippen LogP contribution in [0.5, 0.6) is 0 Å². The van der Waals surface area contributed by atoms with Gasteiger partial charge in [0.05, 0.1) is 12.5 Å². The lowest BCUT2D eigenvalue weighted by Gasteiger charge is -1.71. The molecule has 0 aromatic carbocycles. The Balaban J connectivity index is 2.97. The second-order valence-electron chi connectivity index (χ2n) is 1.24. The Morgan fingerprint density at radius 3 is 2.71 bits per heavy atom. The molecule has 0 bridgehead atoms. The van der Waals surface area contributed by atoms with Crippen molar-refractivity contribution in [3.63, 3.8) is 0 Å². The molecule has 0 unspecified atom stereocenters. The third kappa shape index (κ3) is 5.23. The van der Waals surface area contributed by atoms with Crippen molar-refractivity contribution in [2.75, 3.05) is 0 Å². The Labute approximate surface area is 44.3 Å². The summed E-state index contributed by atoms with van der Waals surface area (Å²) in [5, 5.41) is 7.99. The molecule has 0 rings (SSSR count). The van der Waals surface area contributed by atoms with Crippen molar-refractivity contribution in [3.05, 3.63) is 12.2 Å². The van der Waals surface area contributed by atoms with Gasteiger partial charge in [-0.1, -0.05) is 19.1 Å². The molecule has 0 spiro atoms. The van der Waals surface area contributed by atoms with Crippen molar-refractivity contribution in [1.82, 2.24) is 0 Å². The highest BCUT2D eigenvalue weighted by atomic mass is 14.2. The minimum absolute atomic E-state index is 0.549. The zero-order chi connectivity index (χ0) is 5.54. The first-order valence-electron chi connectivity index (χ1n) is 2.43. The van der Waals surface area contributed by atoms with Crippen LogP contribution in [-0.4, -0.2) is 0 Å². The summed E-state index contributed by atoms with van der Waals surface area (Å²) in [4.78, 5) is 0. The van der Waals surface area contributed by atoms with E-state index in [0.29, 0.717) is 6.42 Å². The lowest BCUT2D eigenvalue weighted by atomic mass is 10.3. The van der Waals surface area contributed by atoms with Gasteiger partial charge < -0.3 is 0 Å². The summed E-state index contributed by atoms with van der Waals surface area (Å²) in [6.45, 7) is 2.05. The third-order valence-corrected chi connectivity index (χ3v) is 0.612. The molecule has 0 atom stereocenters. The van der Waals surface area contributed by atoms with Crippen molar-refractivity contribution in [1.29, 1.82) is 5.26 Å². The first kappa shape index (κ1) is 6.23. The first-order chi connectivity index (χ1) is 3.41. The van der Waals surface area contributed by atoms with Crippen LogP contribution in [-0.2, 0) is 0 Å². The molecule has 0 aliphatic heterocycles. The van der Waals surface area contributed by atoms with Gasteiger partial charge in [0.2, 0.25) is 0 Å². The summed E-state index contributed by atoms with van der Waals surface area (Å²) in [7, 11) is 0. The van der Waals surface area contributed by atoms with Gasteiger partial charge in [0.1, 0.15) is 0 Å². The van der Waals surface area contributed by atoms with E-state index in [0.717, 1.165) is 6.42 Å². The van der Waals surface area contributed by atoms with Gasteiger partial charge >= 0.3 is 0 Å². The Morgan fingerprint density at radius 2 is 2.29 bits per heavy atom. The fraction of sp³-hybridized carbons (Fsp3) is 0.500. The zero-order valence-corrected chi connectivity index (χ0v) is 4.52. The summed E-state index contributed by atoms with van der Waals surface area (Å²) >= 11 is 0. The van der Waals surface area contributed by atoms with E-state index in [-0.39, 0.29) is 0 Å². The van der Waals surface area contributed by atoms with Crippen molar-refractivity contribution >= 4 is 0 Å². The molecule has 0 N–H and O–H groups in total. The van der Waals surface area contributed by atoms with Crippen LogP contribution in [0, 0.1) is 11.3 Å². The van der Waals surface area contributed by atoms with Crippen LogP contribution in [0.15, 0.2) is 12.2 Å². The van der Waals surface area contributed by atoms with Crippen molar-refractivity contribution in [3.8, 4) is 6.07 Å². The molecule has 1 nitrogen and oxygen atoms in total. The monoisotopic (exact) mass is 95.1 g/mol. The maximum Gasteiger partial charge on any atom is 0.0663 e. The predicted octanol–water partition coefficient (Wildman–Crippen LogP) is 1.87. The Hall–Kier alpha value is -0.770. The summed E-state index contributed by atoms with van der Waals surface area (Å²) < 4.78 is 0. The molecular formula is C6H9N. The highest BCUT2D eigenvalue weighted by Crippen LogP contribution is 1.81. The minimum Gasteiger partial charge on any atom is -0.198 e. The van der Waals surface area contributed by atoms with Crippen LogP contribution in [0.25, 0.3) is 0 Å². The lowest BCUT2D eigenvalue weighted by Crippen LogP contribution is -1.54. The zero-order valence-electron chi connectivity index (χ0n) is 4.52. The third-order valence-electron chi connectivity index (χ3n) is 0.612. The molecule has 1 heteroatoms. The van der Waals surface area contributed by atoms with Gasteiger partial charge in [-0.2, -0.15) is 5.26 Å². The standard InChI is InChI=1S/C6H9N/c1-2-3-4-5-6-7/h3-4H,2,5H2,1H3/b4-3-. The van der Waals surface area contributed by atoms with Crippen LogP contribution >= 0.6 is 0 Å². The average Bonchev–Trinajstić information content (AvgIpc) is 1.69. The molecular weight excluding hydrogens is 86.1 g/mol. The Morgan fingerprint density at radius 1 is 1.57 bits per heavy atom. The van der Waals surface area contributed by atoms with Crippen LogP contribution in [0.3, 0.4) is 0 Å². The molecule has 0 amide bonds. The number of allylic oxidation sites excluding steroid dienone is 2. The Kier molecular flexibility index (Phi) is 4.65. The van der Waals surface area contributed by atoms with Gasteiger partial charge in [-0.05, 0) is 6.42 Å². The average molecular weight is 95.1 g/mol. The fourth-order valence-electron chi connectivity index (χ4n) is 0.303. The van der Waals surface area contributed by atoms with E-state index in [1.807, 2.05) is 25.1 Å². The highest BCUT2D eigenvalue weighted by molar-refractivity contribution is 4.89. The SMILES string of the molecule is CC/C=C\CC#N. The van der Waals surface area contributed by atoms with E-state index >= 15 is 0 Å². The minimum atomic E-state index is 0.549. The maximum absolute atomic E-state index is 7.99. The number of nitrogens with zero attached hydrogens (tertiary/aromatic N) is 1. The number of rotatable bonds is 2.